The monoisotopic (exact) mass is 214 g/mol. The van der Waals surface area contributed by atoms with E-state index in [-0.39, 0.29) is 0 Å². The summed E-state index contributed by atoms with van der Waals surface area (Å²) in [6, 6.07) is -0.422. The van der Waals surface area contributed by atoms with Crippen molar-refractivity contribution in [2.45, 2.75) is 32.7 Å². The van der Waals surface area contributed by atoms with E-state index < -0.39 is 12.0 Å². The lowest BCUT2D eigenvalue weighted by Gasteiger charge is -2.31. The summed E-state index contributed by atoms with van der Waals surface area (Å²) in [6.45, 7) is 8.17. The molecule has 0 amide bonds. The number of carboxylic acids is 1. The molecule has 1 rings (SSSR count). The summed E-state index contributed by atoms with van der Waals surface area (Å²) in [6.07, 6.45) is 2.38. The molecule has 88 valence electrons. The topological polar surface area (TPSA) is 52.6 Å². The summed E-state index contributed by atoms with van der Waals surface area (Å²) in [5.41, 5.74) is 0. The molecule has 0 saturated carbocycles. The second-order valence-corrected chi connectivity index (χ2v) is 4.35. The van der Waals surface area contributed by atoms with Crippen LogP contribution in [-0.2, 0) is 4.79 Å². The smallest absolute Gasteiger partial charge is 0.320 e. The Morgan fingerprint density at radius 2 is 2.13 bits per heavy atom. The van der Waals surface area contributed by atoms with Gasteiger partial charge in [-0.25, -0.2) is 0 Å². The Hall–Kier alpha value is -0.610. The normalized spacial score (nSPS) is 21.5. The molecular formula is C11H22N2O2. The van der Waals surface area contributed by atoms with Gasteiger partial charge in [0, 0.05) is 0 Å². The second kappa shape index (κ2) is 6.08. The van der Waals surface area contributed by atoms with Crippen LogP contribution in [0.25, 0.3) is 0 Å². The van der Waals surface area contributed by atoms with E-state index in [4.69, 9.17) is 5.11 Å². The zero-order valence-corrected chi connectivity index (χ0v) is 9.70. The van der Waals surface area contributed by atoms with E-state index in [2.05, 4.69) is 17.1 Å². The first kappa shape index (κ1) is 12.5. The van der Waals surface area contributed by atoms with Crippen molar-refractivity contribution >= 4 is 5.97 Å². The molecule has 4 nitrogen and oxygen atoms in total. The van der Waals surface area contributed by atoms with Gasteiger partial charge < -0.3 is 15.3 Å². The van der Waals surface area contributed by atoms with E-state index in [1.54, 1.807) is 6.92 Å². The van der Waals surface area contributed by atoms with Crippen LogP contribution in [-0.4, -0.2) is 48.2 Å². The van der Waals surface area contributed by atoms with E-state index in [1.165, 1.54) is 12.8 Å². The van der Waals surface area contributed by atoms with Crippen LogP contribution in [0.5, 0.6) is 0 Å². The Kier molecular flexibility index (Phi) is 5.05. The Morgan fingerprint density at radius 3 is 2.60 bits per heavy atom. The van der Waals surface area contributed by atoms with Gasteiger partial charge in [0.25, 0.3) is 0 Å². The zero-order valence-electron chi connectivity index (χ0n) is 9.70. The largest absolute Gasteiger partial charge is 0.480 e. The number of carboxylic acid groups (broad SMARTS) is 1. The van der Waals surface area contributed by atoms with Crippen LogP contribution in [0.15, 0.2) is 0 Å². The maximum absolute atomic E-state index is 10.6. The fourth-order valence-corrected chi connectivity index (χ4v) is 1.94. The number of carbonyl (C=O) groups is 1. The van der Waals surface area contributed by atoms with Gasteiger partial charge in [-0.05, 0) is 51.9 Å². The Labute approximate surface area is 91.6 Å². The van der Waals surface area contributed by atoms with Crippen molar-refractivity contribution in [3.05, 3.63) is 0 Å². The van der Waals surface area contributed by atoms with Crippen LogP contribution >= 0.6 is 0 Å². The molecule has 0 bridgehead atoms. The molecule has 1 atom stereocenters. The average Bonchev–Trinajstić information content (AvgIpc) is 2.26. The molecule has 1 aliphatic heterocycles. The molecule has 1 unspecified atom stereocenters. The lowest BCUT2D eigenvalue weighted by atomic mass is 9.96. The lowest BCUT2D eigenvalue weighted by Crippen LogP contribution is -2.41. The van der Waals surface area contributed by atoms with Crippen LogP contribution in [0.2, 0.25) is 0 Å². The molecule has 2 N–H and O–H groups in total. The maximum Gasteiger partial charge on any atom is 0.320 e. The molecule has 1 heterocycles. The first-order valence-electron chi connectivity index (χ1n) is 5.82. The van der Waals surface area contributed by atoms with Gasteiger partial charge in [-0.2, -0.15) is 0 Å². The fraction of sp³-hybridized carbons (Fsp3) is 0.909. The summed E-state index contributed by atoms with van der Waals surface area (Å²) in [4.78, 5) is 13.0. The van der Waals surface area contributed by atoms with Gasteiger partial charge in [0.2, 0.25) is 0 Å². The van der Waals surface area contributed by atoms with Crippen molar-refractivity contribution in [3.8, 4) is 0 Å². The van der Waals surface area contributed by atoms with Crippen molar-refractivity contribution in [1.29, 1.82) is 0 Å². The Bertz CT molecular complexity index is 201. The number of rotatable bonds is 5. The Morgan fingerprint density at radius 1 is 1.53 bits per heavy atom. The number of likely N-dealkylation sites (tertiary alicyclic amines) is 1. The first-order valence-corrected chi connectivity index (χ1v) is 5.82. The molecule has 1 fully saturated rings. The average molecular weight is 214 g/mol. The van der Waals surface area contributed by atoms with E-state index in [1.807, 2.05) is 0 Å². The molecule has 0 aromatic carbocycles. The van der Waals surface area contributed by atoms with Crippen LogP contribution in [0.1, 0.15) is 26.7 Å². The Balaban J connectivity index is 2.16. The molecule has 0 aliphatic carbocycles. The minimum absolute atomic E-state index is 0.422. The van der Waals surface area contributed by atoms with Crippen LogP contribution in [0, 0.1) is 5.92 Å². The van der Waals surface area contributed by atoms with Crippen LogP contribution in [0.4, 0.5) is 0 Å². The van der Waals surface area contributed by atoms with Gasteiger partial charge in [0.15, 0.2) is 0 Å². The SMILES string of the molecule is CCN1CCC(CNC(C)C(=O)O)CC1. The molecule has 4 heteroatoms. The third-order valence-corrected chi connectivity index (χ3v) is 3.24. The summed E-state index contributed by atoms with van der Waals surface area (Å²) in [7, 11) is 0. The third-order valence-electron chi connectivity index (χ3n) is 3.24. The van der Waals surface area contributed by atoms with E-state index in [0.717, 1.165) is 26.2 Å². The van der Waals surface area contributed by atoms with Crippen molar-refractivity contribution in [3.63, 3.8) is 0 Å². The van der Waals surface area contributed by atoms with Gasteiger partial charge in [0.1, 0.15) is 6.04 Å². The summed E-state index contributed by atoms with van der Waals surface area (Å²) < 4.78 is 0. The summed E-state index contributed by atoms with van der Waals surface area (Å²) >= 11 is 0. The maximum atomic E-state index is 10.6. The van der Waals surface area contributed by atoms with Gasteiger partial charge >= 0.3 is 5.97 Å². The highest BCUT2D eigenvalue weighted by atomic mass is 16.4. The first-order chi connectivity index (χ1) is 7.13. The molecule has 1 aliphatic rings. The van der Waals surface area contributed by atoms with Gasteiger partial charge in [-0.15, -0.1) is 0 Å². The van der Waals surface area contributed by atoms with Crippen molar-refractivity contribution < 1.29 is 9.90 Å². The van der Waals surface area contributed by atoms with E-state index in [9.17, 15) is 4.79 Å². The molecule has 0 aromatic rings. The number of nitrogens with zero attached hydrogens (tertiary/aromatic N) is 1. The van der Waals surface area contributed by atoms with Crippen LogP contribution < -0.4 is 5.32 Å². The number of hydrogen-bond acceptors (Lipinski definition) is 3. The lowest BCUT2D eigenvalue weighted by molar-refractivity contribution is -0.139. The highest BCUT2D eigenvalue weighted by molar-refractivity contribution is 5.72. The van der Waals surface area contributed by atoms with Crippen molar-refractivity contribution in [1.82, 2.24) is 10.2 Å². The van der Waals surface area contributed by atoms with E-state index >= 15 is 0 Å². The predicted molar refractivity (Wildman–Crippen MR) is 59.9 cm³/mol. The fourth-order valence-electron chi connectivity index (χ4n) is 1.94. The predicted octanol–water partition coefficient (Wildman–Crippen LogP) is 0.781. The highest BCUT2D eigenvalue weighted by Gasteiger charge is 2.19. The molecular weight excluding hydrogens is 192 g/mol. The summed E-state index contributed by atoms with van der Waals surface area (Å²) in [5, 5.41) is 11.8. The molecule has 1 saturated heterocycles. The number of hydrogen-bond donors (Lipinski definition) is 2. The summed E-state index contributed by atoms with van der Waals surface area (Å²) in [5.74, 6) is -0.115. The zero-order chi connectivity index (χ0) is 11.3. The van der Waals surface area contributed by atoms with Crippen molar-refractivity contribution in [2.24, 2.45) is 5.92 Å². The third kappa shape index (κ3) is 4.18. The van der Waals surface area contributed by atoms with Crippen molar-refractivity contribution in [2.75, 3.05) is 26.2 Å². The quantitative estimate of drug-likeness (QED) is 0.710. The standard InChI is InChI=1S/C11H22N2O2/c1-3-13-6-4-10(5-7-13)8-12-9(2)11(14)15/h9-10,12H,3-8H2,1-2H3,(H,14,15). The second-order valence-electron chi connectivity index (χ2n) is 4.35. The van der Waals surface area contributed by atoms with Gasteiger partial charge in [-0.1, -0.05) is 6.92 Å². The number of nitrogens with one attached hydrogen (secondary N) is 1. The molecule has 0 aromatic heterocycles. The molecule has 0 spiro atoms. The molecule has 0 radical (unpaired) electrons. The highest BCUT2D eigenvalue weighted by Crippen LogP contribution is 2.15. The van der Waals surface area contributed by atoms with Crippen LogP contribution in [0.3, 0.4) is 0 Å². The minimum Gasteiger partial charge on any atom is -0.480 e. The molecule has 15 heavy (non-hydrogen) atoms. The number of aliphatic carboxylic acids is 1. The number of piperidine rings is 1. The van der Waals surface area contributed by atoms with Gasteiger partial charge in [0.05, 0.1) is 0 Å². The minimum atomic E-state index is -0.763. The van der Waals surface area contributed by atoms with E-state index in [0.29, 0.717) is 5.92 Å². The van der Waals surface area contributed by atoms with Gasteiger partial charge in [-0.3, -0.25) is 4.79 Å².